The number of fused-ring (bicyclic) bond motifs is 1. The van der Waals surface area contributed by atoms with Gasteiger partial charge in [0.1, 0.15) is 18.0 Å². The molecule has 0 bridgehead atoms. The summed E-state index contributed by atoms with van der Waals surface area (Å²) in [4.78, 5) is 21.8. The molecule has 118 valence electrons. The molecule has 0 atom stereocenters. The molecule has 0 radical (unpaired) electrons. The van der Waals surface area contributed by atoms with Gasteiger partial charge >= 0.3 is 0 Å². The van der Waals surface area contributed by atoms with Gasteiger partial charge in [0.25, 0.3) is 5.56 Å². The van der Waals surface area contributed by atoms with Crippen LogP contribution in [0.15, 0.2) is 59.7 Å². The molecule has 0 saturated carbocycles. The SMILES string of the molecule is O=c1c2ccccc2nc(Cc2ncn[nH]2)n1-c1ccccc1Cl. The molecule has 0 aliphatic rings. The number of nitrogens with one attached hydrogen (secondary N) is 1. The molecule has 0 spiro atoms. The molecule has 6 nitrogen and oxygen atoms in total. The number of hydrogen-bond donors (Lipinski definition) is 1. The number of aromatic nitrogens is 5. The van der Waals surface area contributed by atoms with E-state index in [9.17, 15) is 4.79 Å². The predicted molar refractivity (Wildman–Crippen MR) is 91.5 cm³/mol. The fourth-order valence-corrected chi connectivity index (χ4v) is 2.86. The van der Waals surface area contributed by atoms with Crippen molar-refractivity contribution in [3.8, 4) is 5.69 Å². The van der Waals surface area contributed by atoms with Crippen LogP contribution in [0.1, 0.15) is 11.6 Å². The second-order valence-corrected chi connectivity index (χ2v) is 5.65. The number of nitrogens with zero attached hydrogens (tertiary/aromatic N) is 4. The van der Waals surface area contributed by atoms with E-state index in [2.05, 4.69) is 20.2 Å². The summed E-state index contributed by atoms with van der Waals surface area (Å²) in [6.07, 6.45) is 1.76. The molecule has 0 unspecified atom stereocenters. The number of halogens is 1. The van der Waals surface area contributed by atoms with E-state index in [1.165, 1.54) is 10.9 Å². The van der Waals surface area contributed by atoms with E-state index in [1.54, 1.807) is 18.2 Å². The van der Waals surface area contributed by atoms with Crippen molar-refractivity contribution >= 4 is 22.5 Å². The molecule has 0 aliphatic heterocycles. The van der Waals surface area contributed by atoms with Gasteiger partial charge in [-0.15, -0.1) is 0 Å². The van der Waals surface area contributed by atoms with Gasteiger partial charge in [-0.05, 0) is 24.3 Å². The van der Waals surface area contributed by atoms with Crippen LogP contribution in [0.2, 0.25) is 5.02 Å². The van der Waals surface area contributed by atoms with E-state index in [0.717, 1.165) is 0 Å². The van der Waals surface area contributed by atoms with Crippen LogP contribution in [-0.2, 0) is 6.42 Å². The van der Waals surface area contributed by atoms with E-state index in [1.807, 2.05) is 30.3 Å². The summed E-state index contributed by atoms with van der Waals surface area (Å²) < 4.78 is 1.53. The number of aromatic amines is 1. The van der Waals surface area contributed by atoms with Crippen LogP contribution >= 0.6 is 11.6 Å². The third-order valence-corrected chi connectivity index (χ3v) is 4.05. The monoisotopic (exact) mass is 337 g/mol. The Hall–Kier alpha value is -2.99. The first-order valence-electron chi connectivity index (χ1n) is 7.34. The molecule has 0 saturated heterocycles. The van der Waals surface area contributed by atoms with Crippen LogP contribution in [0, 0.1) is 0 Å². The number of rotatable bonds is 3. The van der Waals surface area contributed by atoms with Crippen LogP contribution < -0.4 is 5.56 Å². The first-order valence-corrected chi connectivity index (χ1v) is 7.71. The van der Waals surface area contributed by atoms with Crippen molar-refractivity contribution in [2.45, 2.75) is 6.42 Å². The maximum atomic E-state index is 13.0. The first-order chi connectivity index (χ1) is 11.7. The molecule has 4 aromatic rings. The van der Waals surface area contributed by atoms with Gasteiger partial charge in [0.05, 0.1) is 28.0 Å². The summed E-state index contributed by atoms with van der Waals surface area (Å²) in [5, 5.41) is 7.67. The summed E-state index contributed by atoms with van der Waals surface area (Å²) in [6.45, 7) is 0. The Kier molecular flexibility index (Phi) is 3.59. The van der Waals surface area contributed by atoms with Crippen LogP contribution in [0.3, 0.4) is 0 Å². The zero-order chi connectivity index (χ0) is 16.5. The normalized spacial score (nSPS) is 11.0. The Morgan fingerprint density at radius 1 is 1.08 bits per heavy atom. The van der Waals surface area contributed by atoms with Crippen molar-refractivity contribution < 1.29 is 0 Å². The Morgan fingerprint density at radius 3 is 2.67 bits per heavy atom. The molecular formula is C17H12ClN5O. The summed E-state index contributed by atoms with van der Waals surface area (Å²) >= 11 is 6.31. The second-order valence-electron chi connectivity index (χ2n) is 5.25. The standard InChI is InChI=1S/C17H12ClN5O/c18-12-6-2-4-8-14(12)23-16(9-15-19-10-20-22-15)21-13-7-3-1-5-11(13)17(23)24/h1-8,10H,9H2,(H,19,20,22). The van der Waals surface area contributed by atoms with Gasteiger partial charge in [-0.25, -0.2) is 9.97 Å². The lowest BCUT2D eigenvalue weighted by molar-refractivity contribution is 0.819. The van der Waals surface area contributed by atoms with Gasteiger partial charge in [-0.1, -0.05) is 35.9 Å². The van der Waals surface area contributed by atoms with Crippen LogP contribution in [-0.4, -0.2) is 24.7 Å². The molecule has 0 fully saturated rings. The number of hydrogen-bond acceptors (Lipinski definition) is 4. The van der Waals surface area contributed by atoms with Crippen molar-refractivity contribution in [3.63, 3.8) is 0 Å². The number of H-pyrrole nitrogens is 1. The van der Waals surface area contributed by atoms with Gasteiger partial charge in [0.15, 0.2) is 0 Å². The Morgan fingerprint density at radius 2 is 1.88 bits per heavy atom. The Balaban J connectivity index is 2.03. The zero-order valence-corrected chi connectivity index (χ0v) is 13.2. The van der Waals surface area contributed by atoms with Gasteiger partial charge < -0.3 is 0 Å². The van der Waals surface area contributed by atoms with E-state index in [-0.39, 0.29) is 5.56 Å². The Bertz CT molecular complexity index is 1070. The lowest BCUT2D eigenvalue weighted by Crippen LogP contribution is -2.24. The van der Waals surface area contributed by atoms with Crippen LogP contribution in [0.5, 0.6) is 0 Å². The molecule has 7 heteroatoms. The quantitative estimate of drug-likeness (QED) is 0.623. The smallest absolute Gasteiger partial charge is 0.266 e. The summed E-state index contributed by atoms with van der Waals surface area (Å²) in [5.41, 5.74) is 1.07. The molecule has 0 amide bonds. The first kappa shape index (κ1) is 14.6. The van der Waals surface area contributed by atoms with Gasteiger partial charge in [0.2, 0.25) is 0 Å². The molecule has 1 N–H and O–H groups in total. The number of benzene rings is 2. The summed E-state index contributed by atoms with van der Waals surface area (Å²) in [7, 11) is 0. The van der Waals surface area contributed by atoms with E-state index >= 15 is 0 Å². The molecule has 2 aromatic carbocycles. The van der Waals surface area contributed by atoms with Crippen LogP contribution in [0.4, 0.5) is 0 Å². The molecule has 4 rings (SSSR count). The molecule has 2 aromatic heterocycles. The van der Waals surface area contributed by atoms with E-state index < -0.39 is 0 Å². The minimum absolute atomic E-state index is 0.164. The average Bonchev–Trinajstić information content (AvgIpc) is 3.09. The number of para-hydroxylation sites is 2. The Labute approximate surface area is 141 Å². The van der Waals surface area contributed by atoms with Crippen molar-refractivity contribution in [1.82, 2.24) is 24.7 Å². The molecular weight excluding hydrogens is 326 g/mol. The fourth-order valence-electron chi connectivity index (χ4n) is 2.64. The van der Waals surface area contributed by atoms with Crippen molar-refractivity contribution in [1.29, 1.82) is 0 Å². The highest BCUT2D eigenvalue weighted by Crippen LogP contribution is 2.21. The minimum Gasteiger partial charge on any atom is -0.268 e. The van der Waals surface area contributed by atoms with E-state index in [0.29, 0.717) is 39.7 Å². The maximum absolute atomic E-state index is 13.0. The highest BCUT2D eigenvalue weighted by molar-refractivity contribution is 6.32. The zero-order valence-electron chi connectivity index (χ0n) is 12.5. The van der Waals surface area contributed by atoms with Gasteiger partial charge in [-0.2, -0.15) is 5.10 Å². The summed E-state index contributed by atoms with van der Waals surface area (Å²) in [5.74, 6) is 1.17. The van der Waals surface area contributed by atoms with Crippen LogP contribution in [0.25, 0.3) is 16.6 Å². The maximum Gasteiger partial charge on any atom is 0.266 e. The van der Waals surface area contributed by atoms with E-state index in [4.69, 9.17) is 11.6 Å². The third-order valence-electron chi connectivity index (χ3n) is 3.73. The lowest BCUT2D eigenvalue weighted by Gasteiger charge is -2.14. The largest absolute Gasteiger partial charge is 0.268 e. The van der Waals surface area contributed by atoms with Crippen molar-refractivity contribution in [2.75, 3.05) is 0 Å². The average molecular weight is 338 g/mol. The fraction of sp³-hybridized carbons (Fsp3) is 0.0588. The van der Waals surface area contributed by atoms with Crippen molar-refractivity contribution in [3.05, 3.63) is 81.9 Å². The molecule has 0 aliphatic carbocycles. The highest BCUT2D eigenvalue weighted by Gasteiger charge is 2.15. The summed E-state index contributed by atoms with van der Waals surface area (Å²) in [6, 6.07) is 14.4. The highest BCUT2D eigenvalue weighted by atomic mass is 35.5. The topological polar surface area (TPSA) is 76.5 Å². The lowest BCUT2D eigenvalue weighted by atomic mass is 10.2. The third kappa shape index (κ3) is 2.47. The van der Waals surface area contributed by atoms with Gasteiger partial charge in [-0.3, -0.25) is 14.5 Å². The molecule has 2 heterocycles. The predicted octanol–water partition coefficient (Wildman–Crippen LogP) is 2.75. The molecule has 24 heavy (non-hydrogen) atoms. The van der Waals surface area contributed by atoms with Gasteiger partial charge in [0, 0.05) is 0 Å². The minimum atomic E-state index is -0.164. The van der Waals surface area contributed by atoms with Crippen molar-refractivity contribution in [2.24, 2.45) is 0 Å². The second kappa shape index (κ2) is 5.90.